The summed E-state index contributed by atoms with van der Waals surface area (Å²) in [4.78, 5) is 24.3. The third-order valence-electron chi connectivity index (χ3n) is 2.10. The molecule has 0 amide bonds. The maximum atomic E-state index is 12.7. The lowest BCUT2D eigenvalue weighted by Gasteiger charge is -2.11. The molecule has 1 N–H and O–H groups in total. The zero-order valence-corrected chi connectivity index (χ0v) is 9.64. The van der Waals surface area contributed by atoms with Gasteiger partial charge in [-0.3, -0.25) is 9.59 Å². The summed E-state index contributed by atoms with van der Waals surface area (Å²) in [6.45, 7) is -1.17. The molecule has 0 saturated heterocycles. The number of alkyl halides is 4. The molecule has 0 aromatic carbocycles. The van der Waals surface area contributed by atoms with Crippen molar-refractivity contribution >= 4 is 5.97 Å². The van der Waals surface area contributed by atoms with Crippen LogP contribution in [0.2, 0.25) is 0 Å². The number of methoxy groups -OCH3 is 1. The Hall–Kier alpha value is -2.06. The van der Waals surface area contributed by atoms with Crippen LogP contribution >= 0.6 is 0 Å². The van der Waals surface area contributed by atoms with Crippen molar-refractivity contribution in [1.82, 2.24) is 4.98 Å². The van der Waals surface area contributed by atoms with Gasteiger partial charge in [0.25, 0.3) is 5.56 Å². The third-order valence-corrected chi connectivity index (χ3v) is 2.10. The summed E-state index contributed by atoms with van der Waals surface area (Å²) in [7, 11) is 1.08. The lowest BCUT2D eigenvalue weighted by atomic mass is 10.1. The minimum Gasteiger partial charge on any atom is -0.469 e. The molecule has 5 nitrogen and oxygen atoms in total. The SMILES string of the molecule is COC(=O)Cc1[nH]c(=O)c(OC(F)(F)F)cc1CF. The van der Waals surface area contributed by atoms with Crippen LogP contribution in [-0.2, 0) is 22.6 Å². The van der Waals surface area contributed by atoms with Crippen molar-refractivity contribution in [2.24, 2.45) is 0 Å². The van der Waals surface area contributed by atoms with E-state index in [1.807, 2.05) is 4.98 Å². The molecule has 0 saturated carbocycles. The van der Waals surface area contributed by atoms with E-state index in [2.05, 4.69) is 9.47 Å². The van der Waals surface area contributed by atoms with Gasteiger partial charge in [-0.15, -0.1) is 13.2 Å². The van der Waals surface area contributed by atoms with Gasteiger partial charge in [-0.25, -0.2) is 4.39 Å². The second-order valence-corrected chi connectivity index (χ2v) is 3.40. The average Bonchev–Trinajstić information content (AvgIpc) is 2.30. The normalized spacial score (nSPS) is 11.2. The van der Waals surface area contributed by atoms with Crippen LogP contribution in [0.5, 0.6) is 5.75 Å². The minimum atomic E-state index is -5.07. The fourth-order valence-electron chi connectivity index (χ4n) is 1.28. The van der Waals surface area contributed by atoms with E-state index in [-0.39, 0.29) is 11.3 Å². The number of halogens is 4. The number of carbonyl (C=O) groups excluding carboxylic acids is 1. The molecule has 1 rings (SSSR count). The molecule has 9 heteroatoms. The Balaban J connectivity index is 3.14. The molecule has 0 radical (unpaired) electrons. The van der Waals surface area contributed by atoms with Crippen molar-refractivity contribution in [2.75, 3.05) is 7.11 Å². The van der Waals surface area contributed by atoms with E-state index in [9.17, 15) is 27.2 Å². The van der Waals surface area contributed by atoms with E-state index in [0.717, 1.165) is 7.11 Å². The molecule has 0 bridgehead atoms. The highest BCUT2D eigenvalue weighted by molar-refractivity contribution is 5.72. The average molecular weight is 283 g/mol. The molecule has 1 aromatic heterocycles. The van der Waals surface area contributed by atoms with Crippen molar-refractivity contribution < 1.29 is 31.8 Å². The number of aromatic amines is 1. The Bertz CT molecular complexity index is 523. The Morgan fingerprint density at radius 3 is 2.53 bits per heavy atom. The highest BCUT2D eigenvalue weighted by Gasteiger charge is 2.32. The van der Waals surface area contributed by atoms with Gasteiger partial charge in [-0.05, 0) is 6.07 Å². The largest absolute Gasteiger partial charge is 0.573 e. The summed E-state index contributed by atoms with van der Waals surface area (Å²) in [5.41, 5.74) is -1.66. The number of nitrogens with one attached hydrogen (secondary N) is 1. The van der Waals surface area contributed by atoms with E-state index in [0.29, 0.717) is 6.07 Å². The molecule has 0 unspecified atom stereocenters. The lowest BCUT2D eigenvalue weighted by molar-refractivity contribution is -0.275. The van der Waals surface area contributed by atoms with Gasteiger partial charge in [0.05, 0.1) is 13.5 Å². The zero-order valence-electron chi connectivity index (χ0n) is 9.64. The zero-order chi connectivity index (χ0) is 14.6. The number of carbonyl (C=O) groups is 1. The molecule has 0 fully saturated rings. The molecule has 0 aliphatic heterocycles. The predicted molar refractivity (Wildman–Crippen MR) is 54.3 cm³/mol. The van der Waals surface area contributed by atoms with Crippen LogP contribution in [0.15, 0.2) is 10.9 Å². The van der Waals surface area contributed by atoms with Crippen LogP contribution in [0, 0.1) is 0 Å². The topological polar surface area (TPSA) is 68.4 Å². The van der Waals surface area contributed by atoms with Crippen molar-refractivity contribution in [2.45, 2.75) is 19.5 Å². The molecule has 19 heavy (non-hydrogen) atoms. The molecule has 1 aromatic rings. The smallest absolute Gasteiger partial charge is 0.469 e. The molecule has 1 heterocycles. The van der Waals surface area contributed by atoms with Crippen LogP contribution in [0.25, 0.3) is 0 Å². The number of esters is 1. The molecular weight excluding hydrogens is 274 g/mol. The molecule has 0 atom stereocenters. The van der Waals surface area contributed by atoms with Crippen LogP contribution in [0.4, 0.5) is 17.6 Å². The Kier molecular flexibility index (Phi) is 4.52. The lowest BCUT2D eigenvalue weighted by Crippen LogP contribution is -2.24. The highest BCUT2D eigenvalue weighted by Crippen LogP contribution is 2.21. The summed E-state index contributed by atoms with van der Waals surface area (Å²) in [5, 5.41) is 0. The van der Waals surface area contributed by atoms with Crippen molar-refractivity contribution in [3.05, 3.63) is 27.7 Å². The fourth-order valence-corrected chi connectivity index (χ4v) is 1.28. The van der Waals surface area contributed by atoms with E-state index < -0.39 is 36.7 Å². The van der Waals surface area contributed by atoms with E-state index in [1.54, 1.807) is 0 Å². The molecule has 0 aliphatic rings. The number of H-pyrrole nitrogens is 1. The van der Waals surface area contributed by atoms with Crippen LogP contribution in [0.1, 0.15) is 11.3 Å². The first kappa shape index (κ1) is 15.0. The van der Waals surface area contributed by atoms with Crippen LogP contribution in [0.3, 0.4) is 0 Å². The van der Waals surface area contributed by atoms with E-state index >= 15 is 0 Å². The monoisotopic (exact) mass is 283 g/mol. The molecule has 106 valence electrons. The van der Waals surface area contributed by atoms with Gasteiger partial charge >= 0.3 is 12.3 Å². The van der Waals surface area contributed by atoms with Crippen molar-refractivity contribution in [3.63, 3.8) is 0 Å². The van der Waals surface area contributed by atoms with Crippen molar-refractivity contribution in [1.29, 1.82) is 0 Å². The van der Waals surface area contributed by atoms with Crippen LogP contribution < -0.4 is 10.3 Å². The van der Waals surface area contributed by atoms with Gasteiger partial charge in [0.2, 0.25) is 0 Å². The van der Waals surface area contributed by atoms with Gasteiger partial charge in [-0.2, -0.15) is 0 Å². The minimum absolute atomic E-state index is 0.158. The maximum Gasteiger partial charge on any atom is 0.573 e. The number of ether oxygens (including phenoxy) is 2. The standard InChI is InChI=1S/C10H9F4NO4/c1-18-8(16)3-6-5(4-11)2-7(9(17)15-6)19-10(12,13)14/h2H,3-4H2,1H3,(H,15,17). The molecule has 0 aliphatic carbocycles. The summed E-state index contributed by atoms with van der Waals surface area (Å²) >= 11 is 0. The summed E-state index contributed by atoms with van der Waals surface area (Å²) in [6, 6.07) is 0.602. The quantitative estimate of drug-likeness (QED) is 0.671. The van der Waals surface area contributed by atoms with Gasteiger partial charge in [0, 0.05) is 11.3 Å². The second-order valence-electron chi connectivity index (χ2n) is 3.40. The van der Waals surface area contributed by atoms with Crippen LogP contribution in [-0.4, -0.2) is 24.4 Å². The Labute approximate surface area is 104 Å². The Morgan fingerprint density at radius 1 is 1.42 bits per heavy atom. The second kappa shape index (κ2) is 5.72. The first-order valence-corrected chi connectivity index (χ1v) is 4.90. The summed E-state index contributed by atoms with van der Waals surface area (Å²) < 4.78 is 56.4. The summed E-state index contributed by atoms with van der Waals surface area (Å²) in [6.07, 6.45) is -5.53. The Morgan fingerprint density at radius 2 is 2.05 bits per heavy atom. The van der Waals surface area contributed by atoms with Gasteiger partial charge in [-0.1, -0.05) is 0 Å². The third kappa shape index (κ3) is 4.27. The number of hydrogen-bond donors (Lipinski definition) is 1. The van der Waals surface area contributed by atoms with Crippen molar-refractivity contribution in [3.8, 4) is 5.75 Å². The van der Waals surface area contributed by atoms with E-state index in [1.165, 1.54) is 0 Å². The first-order chi connectivity index (χ1) is 8.76. The first-order valence-electron chi connectivity index (χ1n) is 4.90. The number of pyridine rings is 1. The fraction of sp³-hybridized carbons (Fsp3) is 0.400. The predicted octanol–water partition coefficient (Wildman–Crippen LogP) is 1.46. The molecular formula is C10H9F4NO4. The number of hydrogen-bond acceptors (Lipinski definition) is 4. The highest BCUT2D eigenvalue weighted by atomic mass is 19.4. The number of aromatic nitrogens is 1. The van der Waals surface area contributed by atoms with Gasteiger partial charge < -0.3 is 14.5 Å². The summed E-state index contributed by atoms with van der Waals surface area (Å²) in [5.74, 6) is -1.86. The van der Waals surface area contributed by atoms with E-state index in [4.69, 9.17) is 0 Å². The van der Waals surface area contributed by atoms with Gasteiger partial charge in [0.1, 0.15) is 6.67 Å². The maximum absolute atomic E-state index is 12.7. The molecule has 0 spiro atoms. The number of rotatable bonds is 4. The van der Waals surface area contributed by atoms with Gasteiger partial charge in [0.15, 0.2) is 5.75 Å².